The van der Waals surface area contributed by atoms with Gasteiger partial charge < -0.3 is 9.64 Å². The standard InChI is InChI=1S/C13H27N3O/c1-13(2)11-14(3)5-6-15(4)12(13)16-7-9-17-10-8-16/h12H,5-11H2,1-4H3/t12-/m1/s1. The highest BCUT2D eigenvalue weighted by atomic mass is 16.5. The smallest absolute Gasteiger partial charge is 0.0687 e. The molecular weight excluding hydrogens is 214 g/mol. The van der Waals surface area contributed by atoms with Crippen molar-refractivity contribution >= 4 is 0 Å². The molecular formula is C13H27N3O. The lowest BCUT2D eigenvalue weighted by atomic mass is 9.87. The Bertz CT molecular complexity index is 251. The van der Waals surface area contributed by atoms with Gasteiger partial charge in [0, 0.05) is 38.1 Å². The van der Waals surface area contributed by atoms with E-state index in [4.69, 9.17) is 4.74 Å². The summed E-state index contributed by atoms with van der Waals surface area (Å²) in [5, 5.41) is 0. The van der Waals surface area contributed by atoms with Gasteiger partial charge in [-0.05, 0) is 14.1 Å². The van der Waals surface area contributed by atoms with E-state index < -0.39 is 0 Å². The molecule has 4 nitrogen and oxygen atoms in total. The van der Waals surface area contributed by atoms with Crippen LogP contribution in [-0.2, 0) is 4.74 Å². The number of rotatable bonds is 1. The zero-order valence-electron chi connectivity index (χ0n) is 11.8. The summed E-state index contributed by atoms with van der Waals surface area (Å²) in [4.78, 5) is 7.58. The van der Waals surface area contributed by atoms with Crippen LogP contribution in [0.5, 0.6) is 0 Å². The van der Waals surface area contributed by atoms with Gasteiger partial charge >= 0.3 is 0 Å². The Labute approximate surface area is 105 Å². The SMILES string of the molecule is CN1CCN(C)[C@H](N2CCOCC2)C(C)(C)C1. The largest absolute Gasteiger partial charge is 0.379 e. The third kappa shape index (κ3) is 2.99. The Balaban J connectivity index is 2.14. The van der Waals surface area contributed by atoms with Crippen molar-refractivity contribution < 1.29 is 4.74 Å². The molecule has 0 amide bonds. The van der Waals surface area contributed by atoms with Gasteiger partial charge in [-0.25, -0.2) is 0 Å². The summed E-state index contributed by atoms with van der Waals surface area (Å²) in [6, 6.07) is 0. The Kier molecular flexibility index (Phi) is 4.08. The Hall–Kier alpha value is -0.160. The van der Waals surface area contributed by atoms with E-state index in [1.807, 2.05) is 0 Å². The maximum atomic E-state index is 5.48. The van der Waals surface area contributed by atoms with Crippen LogP contribution in [0, 0.1) is 5.41 Å². The third-order valence-electron chi connectivity index (χ3n) is 4.02. The minimum atomic E-state index is 0.303. The Morgan fingerprint density at radius 1 is 1.00 bits per heavy atom. The van der Waals surface area contributed by atoms with Crippen LogP contribution in [0.25, 0.3) is 0 Å². The highest BCUT2D eigenvalue weighted by Crippen LogP contribution is 2.30. The average Bonchev–Trinajstić information content (AvgIpc) is 2.36. The number of likely N-dealkylation sites (N-methyl/N-ethyl adjacent to an activating group) is 2. The van der Waals surface area contributed by atoms with E-state index in [1.165, 1.54) is 13.1 Å². The molecule has 1 atom stereocenters. The lowest BCUT2D eigenvalue weighted by Gasteiger charge is -2.46. The first-order chi connectivity index (χ1) is 8.00. The molecule has 0 aromatic carbocycles. The monoisotopic (exact) mass is 241 g/mol. The van der Waals surface area contributed by atoms with Crippen molar-refractivity contribution in [2.24, 2.45) is 5.41 Å². The van der Waals surface area contributed by atoms with Crippen molar-refractivity contribution in [2.75, 3.05) is 60.0 Å². The van der Waals surface area contributed by atoms with Gasteiger partial charge in [-0.2, -0.15) is 0 Å². The summed E-state index contributed by atoms with van der Waals surface area (Å²) >= 11 is 0. The van der Waals surface area contributed by atoms with Crippen LogP contribution in [0.15, 0.2) is 0 Å². The summed E-state index contributed by atoms with van der Waals surface area (Å²) in [5.41, 5.74) is 0.303. The van der Waals surface area contributed by atoms with E-state index in [0.29, 0.717) is 11.6 Å². The van der Waals surface area contributed by atoms with Crippen LogP contribution in [0.4, 0.5) is 0 Å². The fourth-order valence-electron chi connectivity index (χ4n) is 3.50. The van der Waals surface area contributed by atoms with Crippen molar-refractivity contribution in [3.05, 3.63) is 0 Å². The molecule has 2 saturated heterocycles. The molecule has 2 aliphatic rings. The fourth-order valence-corrected chi connectivity index (χ4v) is 3.50. The lowest BCUT2D eigenvalue weighted by molar-refractivity contribution is -0.0666. The molecule has 0 radical (unpaired) electrons. The van der Waals surface area contributed by atoms with Gasteiger partial charge in [-0.3, -0.25) is 9.80 Å². The first-order valence-electron chi connectivity index (χ1n) is 6.71. The second-order valence-electron chi connectivity index (χ2n) is 6.23. The van der Waals surface area contributed by atoms with Gasteiger partial charge in [-0.15, -0.1) is 0 Å². The zero-order chi connectivity index (χ0) is 12.5. The highest BCUT2D eigenvalue weighted by Gasteiger charge is 2.40. The molecule has 2 rings (SSSR count). The minimum Gasteiger partial charge on any atom is -0.379 e. The van der Waals surface area contributed by atoms with Gasteiger partial charge in [-0.1, -0.05) is 13.8 Å². The summed E-state index contributed by atoms with van der Waals surface area (Å²) < 4.78 is 5.48. The first-order valence-corrected chi connectivity index (χ1v) is 6.71. The van der Waals surface area contributed by atoms with Gasteiger partial charge in [0.2, 0.25) is 0 Å². The van der Waals surface area contributed by atoms with Gasteiger partial charge in [0.15, 0.2) is 0 Å². The maximum absolute atomic E-state index is 5.48. The van der Waals surface area contributed by atoms with Crippen LogP contribution >= 0.6 is 0 Å². The van der Waals surface area contributed by atoms with Crippen molar-refractivity contribution in [3.8, 4) is 0 Å². The van der Waals surface area contributed by atoms with E-state index in [1.54, 1.807) is 0 Å². The predicted molar refractivity (Wildman–Crippen MR) is 70.1 cm³/mol. The molecule has 100 valence electrons. The molecule has 17 heavy (non-hydrogen) atoms. The second-order valence-corrected chi connectivity index (χ2v) is 6.23. The average molecular weight is 241 g/mol. The number of hydrogen-bond donors (Lipinski definition) is 0. The summed E-state index contributed by atoms with van der Waals surface area (Å²) in [7, 11) is 4.50. The van der Waals surface area contributed by atoms with Crippen molar-refractivity contribution in [2.45, 2.75) is 20.0 Å². The van der Waals surface area contributed by atoms with E-state index in [0.717, 1.165) is 32.8 Å². The van der Waals surface area contributed by atoms with Crippen LogP contribution in [0.3, 0.4) is 0 Å². The van der Waals surface area contributed by atoms with Crippen LogP contribution in [0.1, 0.15) is 13.8 Å². The molecule has 0 aromatic heterocycles. The molecule has 0 aliphatic carbocycles. The molecule has 2 aliphatic heterocycles. The van der Waals surface area contributed by atoms with Crippen molar-refractivity contribution in [3.63, 3.8) is 0 Å². The van der Waals surface area contributed by atoms with Crippen LogP contribution in [-0.4, -0.2) is 80.9 Å². The molecule has 0 aromatic rings. The van der Waals surface area contributed by atoms with Gasteiger partial charge in [0.25, 0.3) is 0 Å². The highest BCUT2D eigenvalue weighted by molar-refractivity contribution is 4.91. The molecule has 4 heteroatoms. The number of nitrogens with zero attached hydrogens (tertiary/aromatic N) is 3. The fraction of sp³-hybridized carbons (Fsp3) is 1.00. The summed E-state index contributed by atoms with van der Waals surface area (Å²) in [5.74, 6) is 0. The minimum absolute atomic E-state index is 0.303. The molecule has 0 N–H and O–H groups in total. The van der Waals surface area contributed by atoms with E-state index in [9.17, 15) is 0 Å². The second kappa shape index (κ2) is 5.22. The number of morpholine rings is 1. The maximum Gasteiger partial charge on any atom is 0.0687 e. The zero-order valence-corrected chi connectivity index (χ0v) is 11.8. The molecule has 0 saturated carbocycles. The molecule has 0 spiro atoms. The van der Waals surface area contributed by atoms with Gasteiger partial charge in [0.05, 0.1) is 19.4 Å². The molecule has 0 unspecified atom stereocenters. The van der Waals surface area contributed by atoms with E-state index in [-0.39, 0.29) is 0 Å². The van der Waals surface area contributed by atoms with Crippen LogP contribution < -0.4 is 0 Å². The first kappa shape index (κ1) is 13.3. The molecule has 2 fully saturated rings. The normalized spacial score (nSPS) is 33.5. The Morgan fingerprint density at radius 2 is 1.65 bits per heavy atom. The summed E-state index contributed by atoms with van der Waals surface area (Å²) in [6.45, 7) is 12.2. The predicted octanol–water partition coefficient (Wildman–Crippen LogP) is 0.548. The number of hydrogen-bond acceptors (Lipinski definition) is 4. The van der Waals surface area contributed by atoms with Crippen molar-refractivity contribution in [1.82, 2.24) is 14.7 Å². The van der Waals surface area contributed by atoms with E-state index >= 15 is 0 Å². The quantitative estimate of drug-likeness (QED) is 0.667. The number of ether oxygens (including phenoxy) is 1. The lowest BCUT2D eigenvalue weighted by Crippen LogP contribution is -2.58. The molecule has 2 heterocycles. The third-order valence-corrected chi connectivity index (χ3v) is 4.02. The topological polar surface area (TPSA) is 19.0 Å². The van der Waals surface area contributed by atoms with E-state index in [2.05, 4.69) is 42.6 Å². The van der Waals surface area contributed by atoms with Gasteiger partial charge in [0.1, 0.15) is 0 Å². The molecule has 0 bridgehead atoms. The Morgan fingerprint density at radius 3 is 2.29 bits per heavy atom. The van der Waals surface area contributed by atoms with Crippen molar-refractivity contribution in [1.29, 1.82) is 0 Å². The van der Waals surface area contributed by atoms with Crippen LogP contribution in [0.2, 0.25) is 0 Å². The summed E-state index contributed by atoms with van der Waals surface area (Å²) in [6.07, 6.45) is 0.538.